The molecule has 15 heavy (non-hydrogen) atoms. The molecule has 2 unspecified atom stereocenters. The number of amides is 2. The van der Waals surface area contributed by atoms with Crippen molar-refractivity contribution in [2.75, 3.05) is 5.75 Å². The summed E-state index contributed by atoms with van der Waals surface area (Å²) in [5.41, 5.74) is 10.1. The lowest BCUT2D eigenvalue weighted by Gasteiger charge is -2.14. The molecular weight excluding hydrogens is 224 g/mol. The second kappa shape index (κ2) is 5.05. The molecule has 0 rings (SSSR count). The van der Waals surface area contributed by atoms with Crippen molar-refractivity contribution in [2.24, 2.45) is 16.6 Å². The molecule has 0 saturated carbocycles. The summed E-state index contributed by atoms with van der Waals surface area (Å²) < 4.78 is 21.2. The molecule has 8 nitrogen and oxygen atoms in total. The maximum absolute atomic E-state index is 11.2. The molecule has 0 aliphatic heterocycles. The Morgan fingerprint density at radius 1 is 1.40 bits per heavy atom. The summed E-state index contributed by atoms with van der Waals surface area (Å²) in [5, 5.41) is 6.83. The summed E-state index contributed by atoms with van der Waals surface area (Å²) in [6.45, 7) is 1.35. The van der Waals surface area contributed by atoms with Crippen molar-refractivity contribution in [3.8, 4) is 0 Å². The first kappa shape index (κ1) is 13.8. The molecule has 9 heteroatoms. The van der Waals surface area contributed by atoms with E-state index in [1.54, 1.807) is 0 Å². The van der Waals surface area contributed by atoms with Gasteiger partial charge in [0.15, 0.2) is 0 Å². The molecule has 0 aromatic heterocycles. The highest BCUT2D eigenvalue weighted by Gasteiger charge is 2.21. The number of hydrogen-bond acceptors (Lipinski definition) is 5. The van der Waals surface area contributed by atoms with E-state index in [1.165, 1.54) is 6.92 Å². The fraction of sp³-hybridized carbons (Fsp3) is 0.667. The fourth-order valence-electron chi connectivity index (χ4n) is 0.718. The molecule has 0 bridgehead atoms. The molecule has 0 aromatic rings. The number of nitrogens with two attached hydrogens (primary N) is 3. The lowest BCUT2D eigenvalue weighted by Crippen LogP contribution is -2.51. The molecule has 0 heterocycles. The average Bonchev–Trinajstić information content (AvgIpc) is 2.00. The Balaban J connectivity index is 4.29. The Labute approximate surface area is 87.2 Å². The minimum atomic E-state index is -3.83. The van der Waals surface area contributed by atoms with E-state index in [0.717, 1.165) is 0 Å². The number of nitrogens with one attached hydrogen (secondary N) is 1. The Kier molecular flexibility index (Phi) is 4.65. The van der Waals surface area contributed by atoms with Crippen LogP contribution in [0.15, 0.2) is 0 Å². The normalized spacial score (nSPS) is 15.4. The molecule has 2 amide bonds. The second-order valence-electron chi connectivity index (χ2n) is 3.07. The molecule has 2 atom stereocenters. The van der Waals surface area contributed by atoms with Crippen LogP contribution in [-0.2, 0) is 19.6 Å². The van der Waals surface area contributed by atoms with E-state index in [-0.39, 0.29) is 0 Å². The number of rotatable bonds is 5. The number of hydrogen-bond donors (Lipinski definition) is 4. The van der Waals surface area contributed by atoms with Crippen molar-refractivity contribution in [2.45, 2.75) is 19.0 Å². The number of carbonyl (C=O) groups is 2. The van der Waals surface area contributed by atoms with Crippen LogP contribution in [0.2, 0.25) is 0 Å². The van der Waals surface area contributed by atoms with Crippen LogP contribution in [0.3, 0.4) is 0 Å². The third-order valence-corrected chi connectivity index (χ3v) is 2.36. The number of carbonyl (C=O) groups excluding carboxylic acids is 2. The standard InChI is InChI=1S/C6H14N4O4S/c1-3(5(8)11)10-6(12)4(7)2-15(9,13)14/h3-4H,2,7H2,1H3,(H2,8,11)(H,10,12)(H2,9,13,14). The minimum Gasteiger partial charge on any atom is -0.368 e. The van der Waals surface area contributed by atoms with E-state index < -0.39 is 39.7 Å². The van der Waals surface area contributed by atoms with E-state index in [4.69, 9.17) is 11.5 Å². The van der Waals surface area contributed by atoms with Gasteiger partial charge >= 0.3 is 0 Å². The number of sulfonamides is 1. The predicted octanol–water partition coefficient (Wildman–Crippen LogP) is -3.41. The third kappa shape index (κ3) is 5.99. The van der Waals surface area contributed by atoms with Crippen molar-refractivity contribution in [1.82, 2.24) is 5.32 Å². The van der Waals surface area contributed by atoms with Gasteiger partial charge in [0.05, 0.1) is 11.8 Å². The highest BCUT2D eigenvalue weighted by molar-refractivity contribution is 7.89. The highest BCUT2D eigenvalue weighted by Crippen LogP contribution is 1.88. The fourth-order valence-corrected chi connectivity index (χ4v) is 1.37. The van der Waals surface area contributed by atoms with E-state index in [1.807, 2.05) is 0 Å². The first-order valence-corrected chi connectivity index (χ1v) is 5.71. The molecule has 0 aliphatic rings. The van der Waals surface area contributed by atoms with Crippen molar-refractivity contribution < 1.29 is 18.0 Å². The summed E-state index contributed by atoms with van der Waals surface area (Å²) in [6, 6.07) is -2.23. The molecule has 88 valence electrons. The quantitative estimate of drug-likeness (QED) is 0.392. The zero-order valence-corrected chi connectivity index (χ0v) is 8.95. The Hall–Kier alpha value is -1.19. The lowest BCUT2D eigenvalue weighted by atomic mass is 10.2. The van der Waals surface area contributed by atoms with E-state index in [9.17, 15) is 18.0 Å². The van der Waals surface area contributed by atoms with Crippen LogP contribution < -0.4 is 21.9 Å². The first-order chi connectivity index (χ1) is 6.63. The largest absolute Gasteiger partial charge is 0.368 e. The Bertz CT molecular complexity index is 352. The molecule has 0 radical (unpaired) electrons. The maximum Gasteiger partial charge on any atom is 0.239 e. The smallest absolute Gasteiger partial charge is 0.239 e. The van der Waals surface area contributed by atoms with Gasteiger partial charge in [0.25, 0.3) is 0 Å². The predicted molar refractivity (Wildman–Crippen MR) is 52.7 cm³/mol. The highest BCUT2D eigenvalue weighted by atomic mass is 32.2. The molecule has 7 N–H and O–H groups in total. The van der Waals surface area contributed by atoms with Crippen molar-refractivity contribution in [3.05, 3.63) is 0 Å². The van der Waals surface area contributed by atoms with Gasteiger partial charge in [0.2, 0.25) is 21.8 Å². The first-order valence-electron chi connectivity index (χ1n) is 3.99. The van der Waals surface area contributed by atoms with Crippen molar-refractivity contribution >= 4 is 21.8 Å². The van der Waals surface area contributed by atoms with Gasteiger partial charge in [-0.1, -0.05) is 0 Å². The molecular formula is C6H14N4O4S. The summed E-state index contributed by atoms with van der Waals surface area (Å²) in [7, 11) is -3.83. The molecule has 0 saturated heterocycles. The van der Waals surface area contributed by atoms with E-state index >= 15 is 0 Å². The van der Waals surface area contributed by atoms with Crippen LogP contribution in [-0.4, -0.2) is 38.1 Å². The molecule has 0 spiro atoms. The summed E-state index contributed by atoms with van der Waals surface area (Å²) in [4.78, 5) is 21.7. The summed E-state index contributed by atoms with van der Waals surface area (Å²) >= 11 is 0. The molecule has 0 fully saturated rings. The lowest BCUT2D eigenvalue weighted by molar-refractivity contribution is -0.127. The molecule has 0 aliphatic carbocycles. The van der Waals surface area contributed by atoms with Gasteiger partial charge in [0.1, 0.15) is 6.04 Å². The van der Waals surface area contributed by atoms with Crippen LogP contribution in [0, 0.1) is 0 Å². The van der Waals surface area contributed by atoms with Crippen molar-refractivity contribution in [1.29, 1.82) is 0 Å². The van der Waals surface area contributed by atoms with Crippen LogP contribution in [0.25, 0.3) is 0 Å². The summed E-state index contributed by atoms with van der Waals surface area (Å²) in [6.07, 6.45) is 0. The molecule has 0 aromatic carbocycles. The zero-order valence-electron chi connectivity index (χ0n) is 8.14. The minimum absolute atomic E-state index is 0.690. The van der Waals surface area contributed by atoms with Crippen LogP contribution >= 0.6 is 0 Å². The zero-order chi connectivity index (χ0) is 12.2. The maximum atomic E-state index is 11.2. The van der Waals surface area contributed by atoms with Gasteiger partial charge in [-0.15, -0.1) is 0 Å². The second-order valence-corrected chi connectivity index (χ2v) is 4.73. The summed E-state index contributed by atoms with van der Waals surface area (Å²) in [5.74, 6) is -2.23. The van der Waals surface area contributed by atoms with Gasteiger partial charge in [-0.05, 0) is 6.92 Å². The van der Waals surface area contributed by atoms with Crippen LogP contribution in [0.1, 0.15) is 6.92 Å². The van der Waals surface area contributed by atoms with E-state index in [0.29, 0.717) is 0 Å². The monoisotopic (exact) mass is 238 g/mol. The number of primary sulfonamides is 1. The van der Waals surface area contributed by atoms with Gasteiger partial charge in [-0.2, -0.15) is 0 Å². The van der Waals surface area contributed by atoms with Gasteiger partial charge in [-0.25, -0.2) is 13.6 Å². The van der Waals surface area contributed by atoms with Gasteiger partial charge < -0.3 is 16.8 Å². The van der Waals surface area contributed by atoms with Gasteiger partial charge in [0, 0.05) is 0 Å². The SMILES string of the molecule is CC(NC(=O)C(N)CS(N)(=O)=O)C(N)=O. The van der Waals surface area contributed by atoms with Crippen LogP contribution in [0.5, 0.6) is 0 Å². The van der Waals surface area contributed by atoms with Gasteiger partial charge in [-0.3, -0.25) is 9.59 Å². The Morgan fingerprint density at radius 3 is 2.20 bits per heavy atom. The topological polar surface area (TPSA) is 158 Å². The average molecular weight is 238 g/mol. The number of primary amides is 1. The van der Waals surface area contributed by atoms with E-state index in [2.05, 4.69) is 10.5 Å². The Morgan fingerprint density at radius 2 is 1.87 bits per heavy atom. The third-order valence-electron chi connectivity index (χ3n) is 1.53. The van der Waals surface area contributed by atoms with Crippen molar-refractivity contribution in [3.63, 3.8) is 0 Å². The van der Waals surface area contributed by atoms with Crippen LogP contribution in [0.4, 0.5) is 0 Å².